The first kappa shape index (κ1) is 15.1. The monoisotopic (exact) mass is 295 g/mol. The van der Waals surface area contributed by atoms with Crippen molar-refractivity contribution in [1.82, 2.24) is 4.90 Å². The van der Waals surface area contributed by atoms with Crippen LogP contribution in [-0.2, 0) is 6.42 Å². The molecule has 1 aliphatic heterocycles. The number of hydrogen-bond acceptors (Lipinski definition) is 3. The van der Waals surface area contributed by atoms with E-state index in [4.69, 9.17) is 5.73 Å². The average molecular weight is 295 g/mol. The summed E-state index contributed by atoms with van der Waals surface area (Å²) >= 11 is 0. The van der Waals surface area contributed by atoms with Gasteiger partial charge < -0.3 is 10.6 Å². The SMILES string of the molecule is NC(Cc1ccccc1)CN1CCN(c2ccccc2)CC1. The molecule has 2 aromatic carbocycles. The predicted octanol–water partition coefficient (Wildman–Crippen LogP) is 2.38. The predicted molar refractivity (Wildman–Crippen MR) is 93.2 cm³/mol. The molecule has 116 valence electrons. The van der Waals surface area contributed by atoms with Crippen LogP contribution in [0.15, 0.2) is 60.7 Å². The smallest absolute Gasteiger partial charge is 0.0367 e. The first-order valence-electron chi connectivity index (χ1n) is 8.13. The summed E-state index contributed by atoms with van der Waals surface area (Å²) in [6.45, 7) is 5.34. The molecule has 1 aliphatic rings. The molecule has 2 N–H and O–H groups in total. The Kier molecular flexibility index (Phi) is 5.09. The van der Waals surface area contributed by atoms with Crippen LogP contribution in [0, 0.1) is 0 Å². The summed E-state index contributed by atoms with van der Waals surface area (Å²) in [5.74, 6) is 0. The van der Waals surface area contributed by atoms with Crippen LogP contribution in [0.3, 0.4) is 0 Å². The van der Waals surface area contributed by atoms with Crippen molar-refractivity contribution in [2.24, 2.45) is 5.73 Å². The molecule has 3 nitrogen and oxygen atoms in total. The zero-order valence-corrected chi connectivity index (χ0v) is 13.1. The lowest BCUT2D eigenvalue weighted by molar-refractivity contribution is 0.242. The maximum absolute atomic E-state index is 6.33. The van der Waals surface area contributed by atoms with E-state index in [1.807, 2.05) is 0 Å². The summed E-state index contributed by atoms with van der Waals surface area (Å²) in [6.07, 6.45) is 0.958. The molecule has 1 fully saturated rings. The van der Waals surface area contributed by atoms with Crippen LogP contribution in [0.2, 0.25) is 0 Å². The number of para-hydroxylation sites is 1. The van der Waals surface area contributed by atoms with Gasteiger partial charge in [-0.15, -0.1) is 0 Å². The fourth-order valence-electron chi connectivity index (χ4n) is 3.14. The van der Waals surface area contributed by atoms with E-state index in [0.29, 0.717) is 0 Å². The van der Waals surface area contributed by atoms with Crippen LogP contribution in [0.25, 0.3) is 0 Å². The van der Waals surface area contributed by atoms with Gasteiger partial charge in [0.25, 0.3) is 0 Å². The maximum atomic E-state index is 6.33. The third-order valence-corrected chi connectivity index (χ3v) is 4.33. The van der Waals surface area contributed by atoms with Crippen LogP contribution in [-0.4, -0.2) is 43.7 Å². The summed E-state index contributed by atoms with van der Waals surface area (Å²) in [6, 6.07) is 21.4. The van der Waals surface area contributed by atoms with Crippen molar-refractivity contribution in [2.75, 3.05) is 37.6 Å². The van der Waals surface area contributed by atoms with Crippen LogP contribution >= 0.6 is 0 Å². The van der Waals surface area contributed by atoms with E-state index in [1.54, 1.807) is 0 Å². The Morgan fingerprint density at radius 3 is 2.05 bits per heavy atom. The van der Waals surface area contributed by atoms with Gasteiger partial charge >= 0.3 is 0 Å². The molecular weight excluding hydrogens is 270 g/mol. The van der Waals surface area contributed by atoms with Gasteiger partial charge in [0, 0.05) is 44.5 Å². The van der Waals surface area contributed by atoms with Crippen molar-refractivity contribution in [2.45, 2.75) is 12.5 Å². The molecule has 3 rings (SSSR count). The molecule has 1 atom stereocenters. The Hall–Kier alpha value is -1.84. The van der Waals surface area contributed by atoms with Gasteiger partial charge in [0.05, 0.1) is 0 Å². The Morgan fingerprint density at radius 2 is 1.41 bits per heavy atom. The van der Waals surface area contributed by atoms with E-state index in [0.717, 1.165) is 39.1 Å². The quantitative estimate of drug-likeness (QED) is 0.919. The molecule has 0 amide bonds. The fraction of sp³-hybridized carbons (Fsp3) is 0.368. The van der Waals surface area contributed by atoms with Gasteiger partial charge in [0.15, 0.2) is 0 Å². The minimum atomic E-state index is 0.214. The largest absolute Gasteiger partial charge is 0.369 e. The first-order chi connectivity index (χ1) is 10.8. The second-order valence-electron chi connectivity index (χ2n) is 6.07. The normalized spacial score (nSPS) is 17.4. The lowest BCUT2D eigenvalue weighted by atomic mass is 10.1. The number of rotatable bonds is 5. The molecule has 1 saturated heterocycles. The van der Waals surface area contributed by atoms with Crippen molar-refractivity contribution in [3.63, 3.8) is 0 Å². The Bertz CT molecular complexity index is 547. The minimum absolute atomic E-state index is 0.214. The van der Waals surface area contributed by atoms with Crippen LogP contribution in [0.1, 0.15) is 5.56 Å². The third kappa shape index (κ3) is 4.09. The highest BCUT2D eigenvalue weighted by atomic mass is 15.3. The molecular formula is C19H25N3. The lowest BCUT2D eigenvalue weighted by Crippen LogP contribution is -2.50. The number of benzene rings is 2. The molecule has 1 heterocycles. The first-order valence-corrected chi connectivity index (χ1v) is 8.13. The molecule has 22 heavy (non-hydrogen) atoms. The zero-order chi connectivity index (χ0) is 15.2. The molecule has 1 unspecified atom stereocenters. The van der Waals surface area contributed by atoms with E-state index < -0.39 is 0 Å². The average Bonchev–Trinajstić information content (AvgIpc) is 2.57. The van der Waals surface area contributed by atoms with Gasteiger partial charge in [-0.3, -0.25) is 4.90 Å². The number of anilines is 1. The highest BCUT2D eigenvalue weighted by molar-refractivity contribution is 5.46. The standard InChI is InChI=1S/C19H25N3/c20-18(15-17-7-3-1-4-8-17)16-21-11-13-22(14-12-21)19-9-5-2-6-10-19/h1-10,18H,11-16,20H2. The van der Waals surface area contributed by atoms with Crippen molar-refractivity contribution in [3.05, 3.63) is 66.2 Å². The topological polar surface area (TPSA) is 32.5 Å². The highest BCUT2D eigenvalue weighted by Crippen LogP contribution is 2.15. The number of nitrogens with zero attached hydrogens (tertiary/aromatic N) is 2. The van der Waals surface area contributed by atoms with Gasteiger partial charge in [-0.05, 0) is 24.1 Å². The van der Waals surface area contributed by atoms with Crippen LogP contribution in [0.4, 0.5) is 5.69 Å². The zero-order valence-electron chi connectivity index (χ0n) is 13.1. The second-order valence-corrected chi connectivity index (χ2v) is 6.07. The van der Waals surface area contributed by atoms with Crippen molar-refractivity contribution >= 4 is 5.69 Å². The molecule has 3 heteroatoms. The minimum Gasteiger partial charge on any atom is -0.369 e. The van der Waals surface area contributed by atoms with Crippen molar-refractivity contribution in [3.8, 4) is 0 Å². The van der Waals surface area contributed by atoms with Gasteiger partial charge in [-0.2, -0.15) is 0 Å². The van der Waals surface area contributed by atoms with Crippen LogP contribution in [0.5, 0.6) is 0 Å². The molecule has 0 radical (unpaired) electrons. The summed E-state index contributed by atoms with van der Waals surface area (Å²) in [4.78, 5) is 4.95. The molecule has 0 saturated carbocycles. The van der Waals surface area contributed by atoms with E-state index in [1.165, 1.54) is 11.3 Å². The van der Waals surface area contributed by atoms with E-state index in [2.05, 4.69) is 70.5 Å². The third-order valence-electron chi connectivity index (χ3n) is 4.33. The van der Waals surface area contributed by atoms with Gasteiger partial charge in [0.1, 0.15) is 0 Å². The summed E-state index contributed by atoms with van der Waals surface area (Å²) in [5, 5.41) is 0. The number of piperazine rings is 1. The molecule has 2 aromatic rings. The van der Waals surface area contributed by atoms with E-state index >= 15 is 0 Å². The second kappa shape index (κ2) is 7.43. The van der Waals surface area contributed by atoms with Gasteiger partial charge in [-0.1, -0.05) is 48.5 Å². The highest BCUT2D eigenvalue weighted by Gasteiger charge is 2.18. The Balaban J connectivity index is 1.46. The van der Waals surface area contributed by atoms with Gasteiger partial charge in [0.2, 0.25) is 0 Å². The Labute approximate surface area is 133 Å². The molecule has 0 aliphatic carbocycles. The van der Waals surface area contributed by atoms with Crippen molar-refractivity contribution in [1.29, 1.82) is 0 Å². The van der Waals surface area contributed by atoms with E-state index in [9.17, 15) is 0 Å². The Morgan fingerprint density at radius 1 is 0.818 bits per heavy atom. The van der Waals surface area contributed by atoms with Crippen molar-refractivity contribution < 1.29 is 0 Å². The van der Waals surface area contributed by atoms with Gasteiger partial charge in [-0.25, -0.2) is 0 Å². The van der Waals surface area contributed by atoms with Crippen LogP contribution < -0.4 is 10.6 Å². The lowest BCUT2D eigenvalue weighted by Gasteiger charge is -2.37. The van der Waals surface area contributed by atoms with E-state index in [-0.39, 0.29) is 6.04 Å². The number of nitrogens with two attached hydrogens (primary N) is 1. The molecule has 0 spiro atoms. The summed E-state index contributed by atoms with van der Waals surface area (Å²) in [5.41, 5.74) is 8.99. The fourth-order valence-corrected chi connectivity index (χ4v) is 3.14. The molecule has 0 aromatic heterocycles. The summed E-state index contributed by atoms with van der Waals surface area (Å²) in [7, 11) is 0. The number of hydrogen-bond donors (Lipinski definition) is 1. The summed E-state index contributed by atoms with van der Waals surface area (Å²) < 4.78 is 0. The molecule has 0 bridgehead atoms. The maximum Gasteiger partial charge on any atom is 0.0367 e.